The summed E-state index contributed by atoms with van der Waals surface area (Å²) in [6.07, 6.45) is 10.9. The first-order valence-electron chi connectivity index (χ1n) is 6.97. The molecule has 16 heavy (non-hydrogen) atoms. The summed E-state index contributed by atoms with van der Waals surface area (Å²) in [6.45, 7) is 6.91. The molecule has 0 amide bonds. The first-order valence-corrected chi connectivity index (χ1v) is 6.97. The van der Waals surface area contributed by atoms with E-state index in [2.05, 4.69) is 26.2 Å². The molecule has 2 heteroatoms. The average Bonchev–Trinajstić information content (AvgIpc) is 2.69. The fourth-order valence-corrected chi connectivity index (χ4v) is 2.65. The van der Waals surface area contributed by atoms with Crippen LogP contribution in [0.25, 0.3) is 0 Å². The van der Waals surface area contributed by atoms with Gasteiger partial charge in [-0.05, 0) is 37.0 Å². The highest BCUT2D eigenvalue weighted by Gasteiger charge is 2.18. The molecular formula is C14H30N2. The monoisotopic (exact) mass is 226 g/mol. The Kier molecular flexibility index (Phi) is 5.77. The van der Waals surface area contributed by atoms with Crippen molar-refractivity contribution in [3.8, 4) is 0 Å². The van der Waals surface area contributed by atoms with E-state index in [0.29, 0.717) is 11.5 Å². The minimum Gasteiger partial charge on any atom is -0.271 e. The van der Waals surface area contributed by atoms with Crippen molar-refractivity contribution in [3.05, 3.63) is 0 Å². The maximum atomic E-state index is 5.64. The van der Waals surface area contributed by atoms with Crippen molar-refractivity contribution < 1.29 is 0 Å². The van der Waals surface area contributed by atoms with Crippen LogP contribution < -0.4 is 11.3 Å². The van der Waals surface area contributed by atoms with Crippen molar-refractivity contribution in [1.29, 1.82) is 0 Å². The van der Waals surface area contributed by atoms with Gasteiger partial charge in [0.25, 0.3) is 0 Å². The van der Waals surface area contributed by atoms with Gasteiger partial charge in [-0.3, -0.25) is 11.3 Å². The van der Waals surface area contributed by atoms with Gasteiger partial charge in [0, 0.05) is 6.04 Å². The Morgan fingerprint density at radius 2 is 1.81 bits per heavy atom. The zero-order valence-electron chi connectivity index (χ0n) is 11.4. The summed E-state index contributed by atoms with van der Waals surface area (Å²) < 4.78 is 0. The summed E-state index contributed by atoms with van der Waals surface area (Å²) in [5, 5.41) is 0. The Morgan fingerprint density at radius 1 is 1.19 bits per heavy atom. The molecule has 1 aliphatic rings. The summed E-state index contributed by atoms with van der Waals surface area (Å²) >= 11 is 0. The van der Waals surface area contributed by atoms with Crippen molar-refractivity contribution in [2.24, 2.45) is 17.2 Å². The topological polar surface area (TPSA) is 38.0 Å². The van der Waals surface area contributed by atoms with Gasteiger partial charge in [0.05, 0.1) is 0 Å². The molecule has 0 bridgehead atoms. The van der Waals surface area contributed by atoms with Crippen LogP contribution in [-0.4, -0.2) is 6.04 Å². The molecular weight excluding hydrogens is 196 g/mol. The standard InChI is InChI=1S/C14H30N2/c1-14(2,3)11-10-13(16-15)9-8-12-6-4-5-7-12/h12-13,16H,4-11,15H2,1-3H3. The predicted octanol–water partition coefficient (Wildman–Crippen LogP) is 3.62. The number of hydrogen-bond acceptors (Lipinski definition) is 2. The van der Waals surface area contributed by atoms with Crippen LogP contribution in [0.2, 0.25) is 0 Å². The molecule has 1 aliphatic carbocycles. The fourth-order valence-electron chi connectivity index (χ4n) is 2.65. The molecule has 0 heterocycles. The van der Waals surface area contributed by atoms with Gasteiger partial charge in [-0.1, -0.05) is 46.5 Å². The Morgan fingerprint density at radius 3 is 2.31 bits per heavy atom. The fraction of sp³-hybridized carbons (Fsp3) is 1.00. The Balaban J connectivity index is 2.15. The maximum Gasteiger partial charge on any atom is 0.0210 e. The molecule has 1 rings (SSSR count). The highest BCUT2D eigenvalue weighted by Crippen LogP contribution is 2.30. The lowest BCUT2D eigenvalue weighted by Gasteiger charge is -2.23. The normalized spacial score (nSPS) is 20.2. The molecule has 0 radical (unpaired) electrons. The molecule has 1 atom stereocenters. The lowest BCUT2D eigenvalue weighted by molar-refractivity contribution is 0.312. The van der Waals surface area contributed by atoms with Gasteiger partial charge < -0.3 is 0 Å². The van der Waals surface area contributed by atoms with E-state index in [1.54, 1.807) is 0 Å². The third-order valence-corrected chi connectivity index (χ3v) is 3.88. The molecule has 0 saturated heterocycles. The Labute approximate surface area is 101 Å². The van der Waals surface area contributed by atoms with Crippen LogP contribution in [0.3, 0.4) is 0 Å². The van der Waals surface area contributed by atoms with E-state index in [4.69, 9.17) is 5.84 Å². The van der Waals surface area contributed by atoms with E-state index in [9.17, 15) is 0 Å². The minimum atomic E-state index is 0.433. The van der Waals surface area contributed by atoms with Gasteiger partial charge in [0.15, 0.2) is 0 Å². The number of hydrogen-bond donors (Lipinski definition) is 2. The van der Waals surface area contributed by atoms with Crippen LogP contribution in [0.15, 0.2) is 0 Å². The summed E-state index contributed by atoms with van der Waals surface area (Å²) in [7, 11) is 0. The Bertz CT molecular complexity index is 178. The van der Waals surface area contributed by atoms with Crippen molar-refractivity contribution in [3.63, 3.8) is 0 Å². The lowest BCUT2D eigenvalue weighted by Crippen LogP contribution is -2.36. The van der Waals surface area contributed by atoms with Gasteiger partial charge in [0.1, 0.15) is 0 Å². The molecule has 0 aromatic heterocycles. The number of hydrazine groups is 1. The lowest BCUT2D eigenvalue weighted by atomic mass is 9.87. The Hall–Kier alpha value is -0.0800. The molecule has 1 saturated carbocycles. The van der Waals surface area contributed by atoms with Crippen molar-refractivity contribution in [1.82, 2.24) is 5.43 Å². The smallest absolute Gasteiger partial charge is 0.0210 e. The van der Waals surface area contributed by atoms with Crippen molar-refractivity contribution in [2.75, 3.05) is 0 Å². The van der Waals surface area contributed by atoms with Crippen LogP contribution >= 0.6 is 0 Å². The first-order chi connectivity index (χ1) is 7.51. The molecule has 0 spiro atoms. The van der Waals surface area contributed by atoms with E-state index in [1.807, 2.05) is 0 Å². The largest absolute Gasteiger partial charge is 0.271 e. The average molecular weight is 226 g/mol. The quantitative estimate of drug-likeness (QED) is 0.536. The SMILES string of the molecule is CC(C)(C)CCC(CCC1CCCC1)NN. The van der Waals surface area contributed by atoms with Gasteiger partial charge in [-0.2, -0.15) is 0 Å². The zero-order valence-corrected chi connectivity index (χ0v) is 11.4. The van der Waals surface area contributed by atoms with Gasteiger partial charge in [0.2, 0.25) is 0 Å². The van der Waals surface area contributed by atoms with Crippen LogP contribution in [0, 0.1) is 11.3 Å². The molecule has 3 N–H and O–H groups in total. The number of nitrogens with one attached hydrogen (secondary N) is 1. The van der Waals surface area contributed by atoms with Gasteiger partial charge in [-0.15, -0.1) is 0 Å². The summed E-state index contributed by atoms with van der Waals surface area (Å²) in [5.41, 5.74) is 3.43. The van der Waals surface area contributed by atoms with E-state index < -0.39 is 0 Å². The summed E-state index contributed by atoms with van der Waals surface area (Å²) in [5.74, 6) is 6.63. The van der Waals surface area contributed by atoms with Crippen molar-refractivity contribution in [2.45, 2.75) is 78.2 Å². The number of nitrogens with two attached hydrogens (primary N) is 1. The second-order valence-electron chi connectivity index (χ2n) is 6.69. The highest BCUT2D eigenvalue weighted by atomic mass is 15.2. The van der Waals surface area contributed by atoms with E-state index >= 15 is 0 Å². The second kappa shape index (κ2) is 6.61. The molecule has 1 unspecified atom stereocenters. The third kappa shape index (κ3) is 5.86. The molecule has 0 aliphatic heterocycles. The molecule has 2 nitrogen and oxygen atoms in total. The molecule has 1 fully saturated rings. The van der Waals surface area contributed by atoms with Gasteiger partial charge in [-0.25, -0.2) is 0 Å². The van der Waals surface area contributed by atoms with Gasteiger partial charge >= 0.3 is 0 Å². The van der Waals surface area contributed by atoms with E-state index in [0.717, 1.165) is 5.92 Å². The minimum absolute atomic E-state index is 0.433. The van der Waals surface area contributed by atoms with E-state index in [1.165, 1.54) is 51.4 Å². The molecule has 96 valence electrons. The molecule has 0 aromatic carbocycles. The maximum absolute atomic E-state index is 5.64. The van der Waals surface area contributed by atoms with Crippen LogP contribution in [0.4, 0.5) is 0 Å². The second-order valence-corrected chi connectivity index (χ2v) is 6.69. The van der Waals surface area contributed by atoms with Crippen molar-refractivity contribution >= 4 is 0 Å². The summed E-state index contributed by atoms with van der Waals surface area (Å²) in [4.78, 5) is 0. The highest BCUT2D eigenvalue weighted by molar-refractivity contribution is 4.73. The zero-order chi connectivity index (χ0) is 12.0. The van der Waals surface area contributed by atoms with Crippen LogP contribution in [0.5, 0.6) is 0 Å². The van der Waals surface area contributed by atoms with Crippen LogP contribution in [0.1, 0.15) is 72.1 Å². The summed E-state index contributed by atoms with van der Waals surface area (Å²) in [6, 6.07) is 0.528. The molecule has 0 aromatic rings. The van der Waals surface area contributed by atoms with Crippen LogP contribution in [-0.2, 0) is 0 Å². The predicted molar refractivity (Wildman–Crippen MR) is 71.0 cm³/mol. The third-order valence-electron chi connectivity index (χ3n) is 3.88. The number of rotatable bonds is 6. The first kappa shape index (κ1) is 14.0. The van der Waals surface area contributed by atoms with E-state index in [-0.39, 0.29) is 0 Å².